The first-order chi connectivity index (χ1) is 15.1. The highest BCUT2D eigenvalue weighted by atomic mass is 15.4. The van der Waals surface area contributed by atoms with E-state index in [1.165, 1.54) is 12.0 Å². The Morgan fingerprint density at radius 3 is 2.48 bits per heavy atom. The molecule has 4 heterocycles. The Bertz CT molecular complexity index is 1040. The second-order valence-corrected chi connectivity index (χ2v) is 8.93. The average Bonchev–Trinajstić information content (AvgIpc) is 3.41. The molecular weight excluding hydrogens is 384 g/mol. The van der Waals surface area contributed by atoms with Crippen molar-refractivity contribution < 1.29 is 0 Å². The molecule has 0 spiro atoms. The fourth-order valence-electron chi connectivity index (χ4n) is 4.94. The predicted molar refractivity (Wildman–Crippen MR) is 125 cm³/mol. The van der Waals surface area contributed by atoms with Gasteiger partial charge in [-0.05, 0) is 51.0 Å². The molecule has 2 aliphatic rings. The molecular formula is C25H30N6. The highest BCUT2D eigenvalue weighted by Crippen LogP contribution is 2.34. The van der Waals surface area contributed by atoms with E-state index in [4.69, 9.17) is 4.98 Å². The first kappa shape index (κ1) is 19.9. The van der Waals surface area contributed by atoms with Gasteiger partial charge in [-0.3, -0.25) is 4.90 Å². The van der Waals surface area contributed by atoms with Gasteiger partial charge in [0.15, 0.2) is 0 Å². The molecule has 5 rings (SSSR count). The van der Waals surface area contributed by atoms with Gasteiger partial charge >= 0.3 is 0 Å². The van der Waals surface area contributed by atoms with E-state index in [1.807, 2.05) is 30.6 Å². The van der Waals surface area contributed by atoms with E-state index in [9.17, 15) is 0 Å². The number of benzene rings is 1. The fraction of sp³-hybridized carbons (Fsp3) is 0.400. The van der Waals surface area contributed by atoms with Crippen molar-refractivity contribution in [3.63, 3.8) is 0 Å². The Balaban J connectivity index is 1.33. The third-order valence-corrected chi connectivity index (χ3v) is 6.57. The van der Waals surface area contributed by atoms with Crippen LogP contribution < -0.4 is 10.2 Å². The number of aromatic nitrogens is 3. The number of anilines is 2. The number of piperazine rings is 1. The Labute approximate surface area is 184 Å². The van der Waals surface area contributed by atoms with Crippen molar-refractivity contribution in [3.8, 4) is 11.3 Å². The summed E-state index contributed by atoms with van der Waals surface area (Å²) in [4.78, 5) is 19.1. The van der Waals surface area contributed by atoms with Gasteiger partial charge in [-0.1, -0.05) is 30.3 Å². The topological polar surface area (TPSA) is 57.2 Å². The molecule has 0 unspecified atom stereocenters. The summed E-state index contributed by atoms with van der Waals surface area (Å²) < 4.78 is 0. The van der Waals surface area contributed by atoms with Crippen molar-refractivity contribution in [1.82, 2.24) is 19.9 Å². The zero-order valence-corrected chi connectivity index (χ0v) is 18.4. The van der Waals surface area contributed by atoms with Gasteiger partial charge in [-0.15, -0.1) is 0 Å². The molecule has 3 atom stereocenters. The highest BCUT2D eigenvalue weighted by molar-refractivity contribution is 5.64. The standard InChI is InChI=1S/C25H30N6/c1-17(2)30-15-22-14-21(30)16-31(22)25-27-12-10-23(29-25)20-9-11-26-24(13-20)28-18(3)19-7-5-4-6-8-19/h4-13,17-18,21-22H,14-16H2,1-3H3,(H,26,28)/t18-,21-,22-/m0/s1. The van der Waals surface area contributed by atoms with Crippen molar-refractivity contribution in [2.45, 2.75) is 51.4 Å². The number of pyridine rings is 1. The lowest BCUT2D eigenvalue weighted by atomic mass is 10.1. The second-order valence-electron chi connectivity index (χ2n) is 8.93. The van der Waals surface area contributed by atoms with Crippen molar-refractivity contribution in [1.29, 1.82) is 0 Å². The number of likely N-dealkylation sites (tertiary alicyclic amines) is 1. The molecule has 2 aromatic heterocycles. The number of nitrogens with zero attached hydrogens (tertiary/aromatic N) is 5. The molecule has 0 saturated carbocycles. The largest absolute Gasteiger partial charge is 0.364 e. The minimum atomic E-state index is 0.175. The van der Waals surface area contributed by atoms with Crippen molar-refractivity contribution in [2.75, 3.05) is 23.3 Å². The summed E-state index contributed by atoms with van der Waals surface area (Å²) in [6.45, 7) is 8.85. The Morgan fingerprint density at radius 2 is 1.74 bits per heavy atom. The number of hydrogen-bond donors (Lipinski definition) is 1. The van der Waals surface area contributed by atoms with Gasteiger partial charge in [0.2, 0.25) is 5.95 Å². The smallest absolute Gasteiger partial charge is 0.226 e. The van der Waals surface area contributed by atoms with Crippen LogP contribution in [0.1, 0.15) is 38.8 Å². The van der Waals surface area contributed by atoms with Crippen molar-refractivity contribution >= 4 is 11.8 Å². The summed E-state index contributed by atoms with van der Waals surface area (Å²) in [6, 6.07) is 18.4. The van der Waals surface area contributed by atoms with E-state index >= 15 is 0 Å². The molecule has 0 aliphatic carbocycles. The van der Waals surface area contributed by atoms with Crippen LogP contribution in [-0.4, -0.2) is 51.1 Å². The Morgan fingerprint density at radius 1 is 0.935 bits per heavy atom. The van der Waals surface area contributed by atoms with E-state index in [-0.39, 0.29) is 6.04 Å². The zero-order chi connectivity index (χ0) is 21.4. The normalized spacial score (nSPS) is 21.6. The van der Waals surface area contributed by atoms with Gasteiger partial charge in [0, 0.05) is 55.2 Å². The fourth-order valence-corrected chi connectivity index (χ4v) is 4.94. The van der Waals surface area contributed by atoms with Crippen LogP contribution in [0.15, 0.2) is 60.9 Å². The van der Waals surface area contributed by atoms with Crippen LogP contribution in [-0.2, 0) is 0 Å². The Hall–Kier alpha value is -2.99. The molecule has 1 N–H and O–H groups in total. The average molecular weight is 415 g/mol. The summed E-state index contributed by atoms with van der Waals surface area (Å²) in [5, 5.41) is 3.50. The third kappa shape index (κ3) is 4.00. The van der Waals surface area contributed by atoms with Crippen LogP contribution in [0.4, 0.5) is 11.8 Å². The molecule has 6 nitrogen and oxygen atoms in total. The lowest BCUT2D eigenvalue weighted by Crippen LogP contribution is -2.49. The first-order valence-corrected chi connectivity index (χ1v) is 11.2. The first-order valence-electron chi connectivity index (χ1n) is 11.2. The number of rotatable bonds is 6. The summed E-state index contributed by atoms with van der Waals surface area (Å²) in [5.74, 6) is 1.69. The van der Waals surface area contributed by atoms with Crippen LogP contribution in [0, 0.1) is 0 Å². The molecule has 2 bridgehead atoms. The van der Waals surface area contributed by atoms with Crippen LogP contribution in [0.3, 0.4) is 0 Å². The summed E-state index contributed by atoms with van der Waals surface area (Å²) in [6.07, 6.45) is 4.94. The number of fused-ring (bicyclic) bond motifs is 2. The molecule has 6 heteroatoms. The lowest BCUT2D eigenvalue weighted by molar-refractivity contribution is 0.190. The molecule has 2 saturated heterocycles. The summed E-state index contributed by atoms with van der Waals surface area (Å²) in [5.41, 5.74) is 3.22. The van der Waals surface area contributed by atoms with E-state index in [2.05, 4.69) is 76.2 Å². The van der Waals surface area contributed by atoms with Gasteiger partial charge in [0.1, 0.15) is 5.82 Å². The van der Waals surface area contributed by atoms with Crippen LogP contribution in [0.2, 0.25) is 0 Å². The molecule has 0 amide bonds. The predicted octanol–water partition coefficient (Wildman–Crippen LogP) is 4.38. The SMILES string of the molecule is CC(C)N1C[C@@H]2C[C@H]1CN2c1nccc(-c2ccnc(N[C@@H](C)c3ccccc3)c2)n1. The quantitative estimate of drug-likeness (QED) is 0.646. The summed E-state index contributed by atoms with van der Waals surface area (Å²) >= 11 is 0. The van der Waals surface area contributed by atoms with Gasteiger partial charge in [0.05, 0.1) is 5.69 Å². The van der Waals surface area contributed by atoms with Crippen molar-refractivity contribution in [2.24, 2.45) is 0 Å². The third-order valence-electron chi connectivity index (χ3n) is 6.57. The minimum absolute atomic E-state index is 0.175. The van der Waals surface area contributed by atoms with Gasteiger partial charge < -0.3 is 10.2 Å². The molecule has 1 aromatic carbocycles. The van der Waals surface area contributed by atoms with Crippen LogP contribution in [0.5, 0.6) is 0 Å². The van der Waals surface area contributed by atoms with E-state index in [0.29, 0.717) is 18.1 Å². The number of hydrogen-bond acceptors (Lipinski definition) is 6. The molecule has 3 aromatic rings. The van der Waals surface area contributed by atoms with Crippen LogP contribution >= 0.6 is 0 Å². The van der Waals surface area contributed by atoms with Crippen LogP contribution in [0.25, 0.3) is 11.3 Å². The Kier molecular flexibility index (Phi) is 5.32. The van der Waals surface area contributed by atoms with E-state index < -0.39 is 0 Å². The molecule has 160 valence electrons. The molecule has 2 aliphatic heterocycles. The second kappa shape index (κ2) is 8.27. The minimum Gasteiger partial charge on any atom is -0.364 e. The number of nitrogens with one attached hydrogen (secondary N) is 1. The lowest BCUT2D eigenvalue weighted by Gasteiger charge is -2.36. The van der Waals surface area contributed by atoms with Gasteiger partial charge in [-0.2, -0.15) is 0 Å². The highest BCUT2D eigenvalue weighted by Gasteiger charge is 2.44. The van der Waals surface area contributed by atoms with Gasteiger partial charge in [0.25, 0.3) is 0 Å². The summed E-state index contributed by atoms with van der Waals surface area (Å²) in [7, 11) is 0. The molecule has 0 radical (unpaired) electrons. The maximum atomic E-state index is 4.93. The van der Waals surface area contributed by atoms with Crippen molar-refractivity contribution in [3.05, 3.63) is 66.5 Å². The zero-order valence-electron chi connectivity index (χ0n) is 18.4. The molecule has 2 fully saturated rings. The maximum Gasteiger partial charge on any atom is 0.226 e. The van der Waals surface area contributed by atoms with E-state index in [0.717, 1.165) is 36.1 Å². The maximum absolute atomic E-state index is 4.93. The monoisotopic (exact) mass is 414 g/mol. The van der Waals surface area contributed by atoms with Gasteiger partial charge in [-0.25, -0.2) is 15.0 Å². The van der Waals surface area contributed by atoms with E-state index in [1.54, 1.807) is 0 Å². The molecule has 31 heavy (non-hydrogen) atoms.